The number of ether oxygens (including phenoxy) is 1. The zero-order chi connectivity index (χ0) is 12.1. The molecule has 0 saturated carbocycles. The van der Waals surface area contributed by atoms with E-state index in [-0.39, 0.29) is 17.2 Å². The minimum atomic E-state index is -1.33. The van der Waals surface area contributed by atoms with Gasteiger partial charge in [-0.1, -0.05) is 17.7 Å². The zero-order valence-electron chi connectivity index (χ0n) is 8.54. The van der Waals surface area contributed by atoms with Gasteiger partial charge in [-0.15, -0.1) is 0 Å². The van der Waals surface area contributed by atoms with Gasteiger partial charge in [-0.05, 0) is 19.1 Å². The van der Waals surface area contributed by atoms with Gasteiger partial charge < -0.3 is 4.74 Å². The molecule has 84 valence electrons. The minimum absolute atomic E-state index is 0.0413. The molecule has 0 spiro atoms. The molecule has 0 heterocycles. The summed E-state index contributed by atoms with van der Waals surface area (Å²) in [6.45, 7) is 1.73. The second-order valence-corrected chi connectivity index (χ2v) is 3.36. The lowest BCUT2D eigenvalue weighted by molar-refractivity contribution is -0.143. The molecular formula is C11H9ClFNO2. The minimum Gasteiger partial charge on any atom is -0.465 e. The van der Waals surface area contributed by atoms with Crippen molar-refractivity contribution in [3.8, 4) is 6.07 Å². The van der Waals surface area contributed by atoms with Crippen LogP contribution in [0.2, 0.25) is 5.02 Å². The summed E-state index contributed by atoms with van der Waals surface area (Å²) in [5.74, 6) is -2.81. The summed E-state index contributed by atoms with van der Waals surface area (Å²) in [5.41, 5.74) is -0.134. The van der Waals surface area contributed by atoms with Crippen molar-refractivity contribution in [2.24, 2.45) is 0 Å². The van der Waals surface area contributed by atoms with Crippen LogP contribution in [0.4, 0.5) is 4.39 Å². The molecule has 0 amide bonds. The molecule has 0 saturated heterocycles. The van der Waals surface area contributed by atoms with Crippen molar-refractivity contribution in [2.45, 2.75) is 12.8 Å². The van der Waals surface area contributed by atoms with E-state index in [0.717, 1.165) is 6.07 Å². The molecule has 0 bridgehead atoms. The number of benzene rings is 1. The summed E-state index contributed by atoms with van der Waals surface area (Å²) >= 11 is 5.75. The molecule has 0 radical (unpaired) electrons. The summed E-state index contributed by atoms with van der Waals surface area (Å²) in [7, 11) is 0. The monoisotopic (exact) mass is 241 g/mol. The lowest BCUT2D eigenvalue weighted by Gasteiger charge is -2.10. The molecule has 0 aliphatic carbocycles. The number of carbonyl (C=O) groups is 1. The van der Waals surface area contributed by atoms with Gasteiger partial charge in [-0.25, -0.2) is 4.39 Å². The van der Waals surface area contributed by atoms with Crippen LogP contribution in [0.3, 0.4) is 0 Å². The Hall–Kier alpha value is -1.60. The maximum absolute atomic E-state index is 13.4. The smallest absolute Gasteiger partial charge is 0.328 e. The Kier molecular flexibility index (Phi) is 4.27. The number of carbonyl (C=O) groups excluding carboxylic acids is 1. The van der Waals surface area contributed by atoms with Crippen LogP contribution in [-0.4, -0.2) is 12.6 Å². The van der Waals surface area contributed by atoms with Crippen molar-refractivity contribution in [3.05, 3.63) is 34.6 Å². The fourth-order valence-corrected chi connectivity index (χ4v) is 1.52. The first-order valence-corrected chi connectivity index (χ1v) is 4.99. The van der Waals surface area contributed by atoms with Gasteiger partial charge in [0, 0.05) is 10.6 Å². The molecule has 1 aromatic carbocycles. The highest BCUT2D eigenvalue weighted by atomic mass is 35.5. The highest BCUT2D eigenvalue weighted by Crippen LogP contribution is 2.27. The van der Waals surface area contributed by atoms with E-state index < -0.39 is 17.7 Å². The van der Waals surface area contributed by atoms with Gasteiger partial charge >= 0.3 is 5.97 Å². The number of hydrogen-bond donors (Lipinski definition) is 0. The topological polar surface area (TPSA) is 50.1 Å². The van der Waals surface area contributed by atoms with Crippen molar-refractivity contribution >= 4 is 17.6 Å². The Morgan fingerprint density at radius 1 is 1.69 bits per heavy atom. The third-order valence-electron chi connectivity index (χ3n) is 1.94. The highest BCUT2D eigenvalue weighted by Gasteiger charge is 2.27. The van der Waals surface area contributed by atoms with Crippen LogP contribution in [0.25, 0.3) is 0 Å². The van der Waals surface area contributed by atoms with Crippen molar-refractivity contribution in [1.29, 1.82) is 5.26 Å². The molecule has 1 unspecified atom stereocenters. The van der Waals surface area contributed by atoms with Gasteiger partial charge in [0.05, 0.1) is 12.7 Å². The first-order valence-electron chi connectivity index (χ1n) is 4.62. The van der Waals surface area contributed by atoms with Crippen molar-refractivity contribution in [1.82, 2.24) is 0 Å². The van der Waals surface area contributed by atoms with Gasteiger partial charge in [0.15, 0.2) is 5.92 Å². The lowest BCUT2D eigenvalue weighted by atomic mass is 10.0. The van der Waals surface area contributed by atoms with Gasteiger partial charge in [0.2, 0.25) is 0 Å². The quantitative estimate of drug-likeness (QED) is 0.765. The van der Waals surface area contributed by atoms with E-state index >= 15 is 0 Å². The predicted molar refractivity (Wildman–Crippen MR) is 56.4 cm³/mol. The summed E-state index contributed by atoms with van der Waals surface area (Å²) in [5, 5.41) is 8.89. The average molecular weight is 242 g/mol. The van der Waals surface area contributed by atoms with E-state index in [0.29, 0.717) is 0 Å². The summed E-state index contributed by atoms with van der Waals surface area (Å²) in [6.07, 6.45) is 0. The van der Waals surface area contributed by atoms with E-state index in [1.165, 1.54) is 12.1 Å². The van der Waals surface area contributed by atoms with Crippen LogP contribution in [0.1, 0.15) is 18.4 Å². The molecule has 1 atom stereocenters. The molecule has 0 N–H and O–H groups in total. The fourth-order valence-electron chi connectivity index (χ4n) is 1.25. The number of halogens is 2. The Morgan fingerprint density at radius 3 is 2.88 bits per heavy atom. The Labute approximate surface area is 97.4 Å². The predicted octanol–water partition coefficient (Wildman–Crippen LogP) is 2.65. The Morgan fingerprint density at radius 2 is 2.38 bits per heavy atom. The molecule has 0 aromatic heterocycles. The third kappa shape index (κ3) is 2.50. The normalized spacial score (nSPS) is 11.6. The van der Waals surface area contributed by atoms with E-state index in [2.05, 4.69) is 4.74 Å². The number of rotatable bonds is 3. The first-order chi connectivity index (χ1) is 7.61. The van der Waals surface area contributed by atoms with E-state index in [1.807, 2.05) is 0 Å². The van der Waals surface area contributed by atoms with Crippen LogP contribution in [0.5, 0.6) is 0 Å². The van der Waals surface area contributed by atoms with Crippen LogP contribution >= 0.6 is 11.6 Å². The summed E-state index contributed by atoms with van der Waals surface area (Å²) in [6, 6.07) is 5.65. The van der Waals surface area contributed by atoms with E-state index in [9.17, 15) is 9.18 Å². The Balaban J connectivity index is 3.15. The van der Waals surface area contributed by atoms with Crippen LogP contribution in [0, 0.1) is 17.1 Å². The first kappa shape index (κ1) is 12.5. The van der Waals surface area contributed by atoms with Gasteiger partial charge in [-0.3, -0.25) is 4.79 Å². The lowest BCUT2D eigenvalue weighted by Crippen LogP contribution is -2.16. The average Bonchev–Trinajstić information content (AvgIpc) is 2.24. The number of esters is 1. The maximum atomic E-state index is 13.4. The highest BCUT2D eigenvalue weighted by molar-refractivity contribution is 6.31. The van der Waals surface area contributed by atoms with Crippen LogP contribution in [-0.2, 0) is 9.53 Å². The molecule has 16 heavy (non-hydrogen) atoms. The Bertz CT molecular complexity index is 422. The van der Waals surface area contributed by atoms with Crippen molar-refractivity contribution in [2.75, 3.05) is 6.61 Å². The van der Waals surface area contributed by atoms with Crippen molar-refractivity contribution < 1.29 is 13.9 Å². The summed E-state index contributed by atoms with van der Waals surface area (Å²) in [4.78, 5) is 11.4. The van der Waals surface area contributed by atoms with Crippen molar-refractivity contribution in [3.63, 3.8) is 0 Å². The van der Waals surface area contributed by atoms with Crippen LogP contribution < -0.4 is 0 Å². The molecule has 0 aliphatic rings. The second kappa shape index (κ2) is 5.47. The standard InChI is InChI=1S/C11H9ClFNO2/c1-2-16-11(15)7(6-14)10-8(12)4-3-5-9(10)13/h3-5,7H,2H2,1H3. The molecule has 5 heteroatoms. The molecule has 1 aromatic rings. The SMILES string of the molecule is CCOC(=O)C(C#N)c1c(F)cccc1Cl. The molecular weight excluding hydrogens is 233 g/mol. The summed E-state index contributed by atoms with van der Waals surface area (Å²) < 4.78 is 18.1. The largest absolute Gasteiger partial charge is 0.465 e. The molecule has 0 aliphatic heterocycles. The molecule has 1 rings (SSSR count). The van der Waals surface area contributed by atoms with Gasteiger partial charge in [0.25, 0.3) is 0 Å². The number of nitriles is 1. The van der Waals surface area contributed by atoms with Gasteiger partial charge in [0.1, 0.15) is 5.82 Å². The zero-order valence-corrected chi connectivity index (χ0v) is 9.29. The van der Waals surface area contributed by atoms with E-state index in [1.54, 1.807) is 13.0 Å². The van der Waals surface area contributed by atoms with Gasteiger partial charge in [-0.2, -0.15) is 5.26 Å². The molecule has 3 nitrogen and oxygen atoms in total. The maximum Gasteiger partial charge on any atom is 0.328 e. The van der Waals surface area contributed by atoms with Crippen LogP contribution in [0.15, 0.2) is 18.2 Å². The fraction of sp³-hybridized carbons (Fsp3) is 0.273. The number of nitrogens with zero attached hydrogens (tertiary/aromatic N) is 1. The van der Waals surface area contributed by atoms with E-state index in [4.69, 9.17) is 16.9 Å². The second-order valence-electron chi connectivity index (χ2n) is 2.95. The molecule has 0 fully saturated rings. The number of hydrogen-bond acceptors (Lipinski definition) is 3. The third-order valence-corrected chi connectivity index (χ3v) is 2.27.